The van der Waals surface area contributed by atoms with Crippen molar-refractivity contribution in [2.75, 3.05) is 0 Å². The number of hydrogen-bond donors (Lipinski definition) is 1. The number of hydrogen-bond acceptors (Lipinski definition) is 6. The molecule has 23 heavy (non-hydrogen) atoms. The van der Waals surface area contributed by atoms with E-state index in [9.17, 15) is 18.0 Å². The summed E-state index contributed by atoms with van der Waals surface area (Å²) < 4.78 is 35.2. The lowest BCUT2D eigenvalue weighted by atomic mass is 9.84. The third-order valence-electron chi connectivity index (χ3n) is 3.42. The van der Waals surface area contributed by atoms with Crippen LogP contribution in [0.5, 0.6) is 5.75 Å². The Kier molecular flexibility index (Phi) is 4.88. The van der Waals surface area contributed by atoms with Crippen molar-refractivity contribution in [2.24, 2.45) is 10.9 Å². The fraction of sp³-hybridized carbons (Fsp3) is 0.357. The molecule has 1 N–H and O–H groups in total. The summed E-state index contributed by atoms with van der Waals surface area (Å²) in [7, 11) is -4.84. The van der Waals surface area contributed by atoms with Crippen molar-refractivity contribution in [1.82, 2.24) is 0 Å². The van der Waals surface area contributed by atoms with Gasteiger partial charge in [0.25, 0.3) is 0 Å². The van der Waals surface area contributed by atoms with Crippen LogP contribution in [0, 0.1) is 5.92 Å². The van der Waals surface area contributed by atoms with Gasteiger partial charge in [-0.05, 0) is 18.6 Å². The molecule has 0 bridgehead atoms. The van der Waals surface area contributed by atoms with Gasteiger partial charge in [0.1, 0.15) is 11.7 Å². The second kappa shape index (κ2) is 6.38. The third-order valence-corrected chi connectivity index (χ3v) is 4.11. The van der Waals surface area contributed by atoms with E-state index in [0.717, 1.165) is 6.07 Å². The van der Waals surface area contributed by atoms with Gasteiger partial charge in [-0.1, -0.05) is 25.4 Å². The van der Waals surface area contributed by atoms with Crippen molar-refractivity contribution in [1.29, 1.82) is 0 Å². The highest BCUT2D eigenvalue weighted by atomic mass is 35.5. The molecule has 1 atom stereocenters. The number of benzene rings is 1. The molecule has 0 aromatic heterocycles. The highest BCUT2D eigenvalue weighted by Crippen LogP contribution is 2.41. The fourth-order valence-electron chi connectivity index (χ4n) is 2.40. The minimum Gasteiger partial charge on any atom is -0.361 e. The Morgan fingerprint density at radius 3 is 2.57 bits per heavy atom. The van der Waals surface area contributed by atoms with E-state index in [1.165, 1.54) is 6.07 Å². The molecule has 0 fully saturated rings. The molecule has 1 aliphatic rings. The first-order valence-corrected chi connectivity index (χ1v) is 8.57. The molecular formula is C14H14ClNO6S. The first-order valence-electron chi connectivity index (χ1n) is 6.83. The predicted octanol–water partition coefficient (Wildman–Crippen LogP) is 2.80. The Hall–Kier alpha value is -1.77. The molecule has 0 spiro atoms. The number of rotatable bonds is 5. The maximum atomic E-state index is 12.7. The quantitative estimate of drug-likeness (QED) is 0.639. The van der Waals surface area contributed by atoms with Gasteiger partial charge in [0.05, 0.1) is 16.3 Å². The van der Waals surface area contributed by atoms with E-state index in [1.807, 2.05) is 0 Å². The number of carbonyl (C=O) groups is 2. The Labute approximate surface area is 138 Å². The molecule has 1 unspecified atom stereocenters. The lowest BCUT2D eigenvalue weighted by Gasteiger charge is -2.23. The smallest absolute Gasteiger partial charge is 0.361 e. The molecule has 9 heteroatoms. The predicted molar refractivity (Wildman–Crippen MR) is 84.1 cm³/mol. The van der Waals surface area contributed by atoms with Gasteiger partial charge < -0.3 is 4.18 Å². The molecule has 1 aromatic carbocycles. The zero-order valence-corrected chi connectivity index (χ0v) is 13.9. The Morgan fingerprint density at radius 1 is 1.39 bits per heavy atom. The van der Waals surface area contributed by atoms with E-state index < -0.39 is 27.8 Å². The monoisotopic (exact) mass is 359 g/mol. The van der Waals surface area contributed by atoms with Crippen molar-refractivity contribution in [3.8, 4) is 5.75 Å². The molecule has 0 amide bonds. The van der Waals surface area contributed by atoms with Crippen LogP contribution < -0.4 is 4.18 Å². The number of ketones is 2. The molecule has 0 radical (unpaired) electrons. The first-order chi connectivity index (χ1) is 10.7. The van der Waals surface area contributed by atoms with Crippen molar-refractivity contribution in [3.63, 3.8) is 0 Å². The zero-order chi connectivity index (χ0) is 17.4. The van der Waals surface area contributed by atoms with Gasteiger partial charge in [-0.3, -0.25) is 19.1 Å². The molecular weight excluding hydrogens is 346 g/mol. The average Bonchev–Trinajstić information content (AvgIpc) is 2.47. The van der Waals surface area contributed by atoms with Crippen LogP contribution in [0.25, 0.3) is 0 Å². The van der Waals surface area contributed by atoms with Gasteiger partial charge in [-0.2, -0.15) is 8.42 Å². The molecule has 1 heterocycles. The van der Waals surface area contributed by atoms with Crippen molar-refractivity contribution in [3.05, 3.63) is 22.7 Å². The van der Waals surface area contributed by atoms with Gasteiger partial charge in [0.15, 0.2) is 11.5 Å². The number of nitrogens with zero attached hydrogens (tertiary/aromatic N) is 1. The van der Waals surface area contributed by atoms with Gasteiger partial charge in [-0.15, -0.1) is 0 Å². The van der Waals surface area contributed by atoms with Crippen LogP contribution in [0.1, 0.15) is 37.0 Å². The number of halogens is 1. The number of fused-ring (bicyclic) bond motifs is 1. The molecule has 0 saturated carbocycles. The first kappa shape index (κ1) is 17.6. The molecule has 124 valence electrons. The number of Topliss-reactive ketones (excluding diaryl/α,β-unsaturated/α-hetero) is 2. The SMILES string of the molecule is CCC(=O)C1C(=O)c2c(OS(=O)(=O)O)ccc(Cl)c2N=C1CC. The van der Waals surface area contributed by atoms with Crippen molar-refractivity contribution in [2.45, 2.75) is 26.7 Å². The summed E-state index contributed by atoms with van der Waals surface area (Å²) in [6.07, 6.45) is 0.487. The maximum absolute atomic E-state index is 12.7. The summed E-state index contributed by atoms with van der Waals surface area (Å²) in [6, 6.07) is 2.43. The topological polar surface area (TPSA) is 110 Å². The van der Waals surface area contributed by atoms with E-state index in [4.69, 9.17) is 16.2 Å². The highest BCUT2D eigenvalue weighted by Gasteiger charge is 2.38. The standard InChI is InChI=1S/C14H14ClNO6S/c1-3-8-11(9(17)4-2)14(18)12-10(22-23(19,20)21)6-5-7(15)13(12)16-8/h5-6,11H,3-4H2,1-2H3,(H,19,20,21). The Balaban J connectivity index is 2.71. The summed E-state index contributed by atoms with van der Waals surface area (Å²) in [5.74, 6) is -2.48. The van der Waals surface area contributed by atoms with E-state index in [1.54, 1.807) is 13.8 Å². The minimum atomic E-state index is -4.84. The summed E-state index contributed by atoms with van der Waals surface area (Å²) in [5.41, 5.74) is 0.175. The van der Waals surface area contributed by atoms with E-state index in [-0.39, 0.29) is 28.5 Å². The Morgan fingerprint density at radius 2 is 2.04 bits per heavy atom. The normalized spacial score (nSPS) is 17.5. The third kappa shape index (κ3) is 3.44. The van der Waals surface area contributed by atoms with Crippen LogP contribution in [0.3, 0.4) is 0 Å². The molecule has 1 aliphatic heterocycles. The number of aliphatic imine (C=N–C) groups is 1. The lowest BCUT2D eigenvalue weighted by Crippen LogP contribution is -2.34. The maximum Gasteiger partial charge on any atom is 0.446 e. The largest absolute Gasteiger partial charge is 0.446 e. The van der Waals surface area contributed by atoms with Crippen LogP contribution in [-0.2, 0) is 15.2 Å². The van der Waals surface area contributed by atoms with Crippen LogP contribution in [0.4, 0.5) is 5.69 Å². The highest BCUT2D eigenvalue weighted by molar-refractivity contribution is 7.81. The van der Waals surface area contributed by atoms with Gasteiger partial charge in [0.2, 0.25) is 0 Å². The van der Waals surface area contributed by atoms with Gasteiger partial charge in [-0.25, -0.2) is 0 Å². The summed E-state index contributed by atoms with van der Waals surface area (Å²) >= 11 is 6.02. The summed E-state index contributed by atoms with van der Waals surface area (Å²) in [6.45, 7) is 3.37. The lowest BCUT2D eigenvalue weighted by molar-refractivity contribution is -0.119. The Bertz CT molecular complexity index is 815. The fourth-order valence-corrected chi connectivity index (χ4v) is 2.97. The number of carbonyl (C=O) groups excluding carboxylic acids is 2. The zero-order valence-electron chi connectivity index (χ0n) is 12.4. The van der Waals surface area contributed by atoms with Crippen LogP contribution in [0.15, 0.2) is 17.1 Å². The van der Waals surface area contributed by atoms with Gasteiger partial charge >= 0.3 is 10.4 Å². The summed E-state index contributed by atoms with van der Waals surface area (Å²) in [5, 5.41) is 0.115. The van der Waals surface area contributed by atoms with E-state index >= 15 is 0 Å². The van der Waals surface area contributed by atoms with E-state index in [2.05, 4.69) is 9.18 Å². The average molecular weight is 360 g/mol. The molecule has 2 rings (SSSR count). The molecule has 7 nitrogen and oxygen atoms in total. The van der Waals surface area contributed by atoms with Crippen molar-refractivity contribution < 1.29 is 26.7 Å². The van der Waals surface area contributed by atoms with Crippen molar-refractivity contribution >= 4 is 45.0 Å². The molecule has 1 aromatic rings. The second-order valence-corrected chi connectivity index (χ2v) is 6.28. The minimum absolute atomic E-state index is 0.0369. The second-order valence-electron chi connectivity index (χ2n) is 4.85. The van der Waals surface area contributed by atoms with Crippen LogP contribution in [-0.4, -0.2) is 30.2 Å². The van der Waals surface area contributed by atoms with Crippen LogP contribution in [0.2, 0.25) is 5.02 Å². The molecule has 0 saturated heterocycles. The summed E-state index contributed by atoms with van der Waals surface area (Å²) in [4.78, 5) is 29.1. The van der Waals surface area contributed by atoms with Crippen LogP contribution >= 0.6 is 11.6 Å². The molecule has 0 aliphatic carbocycles. The van der Waals surface area contributed by atoms with Gasteiger partial charge in [0, 0.05) is 12.1 Å². The van der Waals surface area contributed by atoms with E-state index in [0.29, 0.717) is 12.1 Å².